The molecule has 2 amide bonds. The molecule has 23 heavy (non-hydrogen) atoms. The van der Waals surface area contributed by atoms with Gasteiger partial charge in [0.05, 0.1) is 28.7 Å². The number of aromatic nitrogens is 2. The monoisotopic (exact) mass is 330 g/mol. The third-order valence-electron chi connectivity index (χ3n) is 4.45. The highest BCUT2D eigenvalue weighted by Gasteiger charge is 2.34. The number of nitrogens with one attached hydrogen (secondary N) is 1. The molecule has 1 aromatic heterocycles. The van der Waals surface area contributed by atoms with E-state index >= 15 is 0 Å². The molecule has 0 radical (unpaired) electrons. The van der Waals surface area contributed by atoms with Gasteiger partial charge in [0, 0.05) is 6.54 Å². The Kier molecular flexibility index (Phi) is 3.72. The first-order chi connectivity index (χ1) is 11.2. The van der Waals surface area contributed by atoms with E-state index in [1.807, 2.05) is 29.2 Å². The molecule has 0 spiro atoms. The molecule has 2 fully saturated rings. The number of amides is 2. The summed E-state index contributed by atoms with van der Waals surface area (Å²) in [6.45, 7) is 0.915. The van der Waals surface area contributed by atoms with Crippen LogP contribution in [0, 0.1) is 0 Å². The number of para-hydroxylation sites is 2. The standard InChI is InChI=1S/C16H18N4O2S/c21-14(8-19-10-23-9-15(19)22)20-7-3-6-13(20)16-17-11-4-1-2-5-12(11)18-16/h1-2,4-5,13H,3,6-10H2,(H,17,18)/t13-/m1/s1. The zero-order valence-corrected chi connectivity index (χ0v) is 13.5. The number of rotatable bonds is 3. The number of fused-ring (bicyclic) bond motifs is 1. The van der Waals surface area contributed by atoms with Crippen molar-refractivity contribution in [1.82, 2.24) is 19.8 Å². The summed E-state index contributed by atoms with van der Waals surface area (Å²) < 4.78 is 0. The number of likely N-dealkylation sites (tertiary alicyclic amines) is 1. The van der Waals surface area contributed by atoms with Crippen molar-refractivity contribution in [2.24, 2.45) is 0 Å². The van der Waals surface area contributed by atoms with Gasteiger partial charge in [0.15, 0.2) is 0 Å². The minimum Gasteiger partial charge on any atom is -0.340 e. The molecule has 0 saturated carbocycles. The van der Waals surface area contributed by atoms with Crippen molar-refractivity contribution in [3.8, 4) is 0 Å². The summed E-state index contributed by atoms with van der Waals surface area (Å²) in [6, 6.07) is 7.88. The second-order valence-corrected chi connectivity index (χ2v) is 6.91. The van der Waals surface area contributed by atoms with E-state index in [1.165, 1.54) is 0 Å². The lowest BCUT2D eigenvalue weighted by molar-refractivity contribution is -0.138. The number of carbonyl (C=O) groups excluding carboxylic acids is 2. The second kappa shape index (κ2) is 5.88. The Morgan fingerprint density at radius 1 is 1.39 bits per heavy atom. The Hall–Kier alpha value is -2.02. The fourth-order valence-corrected chi connectivity index (χ4v) is 4.18. The van der Waals surface area contributed by atoms with Gasteiger partial charge < -0.3 is 14.8 Å². The highest BCUT2D eigenvalue weighted by Crippen LogP contribution is 2.31. The Morgan fingerprint density at radius 3 is 3.04 bits per heavy atom. The summed E-state index contributed by atoms with van der Waals surface area (Å²) in [5.41, 5.74) is 1.92. The minimum atomic E-state index is -0.0136. The van der Waals surface area contributed by atoms with E-state index in [2.05, 4.69) is 9.97 Å². The van der Waals surface area contributed by atoms with Crippen molar-refractivity contribution in [2.45, 2.75) is 18.9 Å². The lowest BCUT2D eigenvalue weighted by atomic mass is 10.2. The van der Waals surface area contributed by atoms with Crippen LogP contribution in [0.15, 0.2) is 24.3 Å². The molecule has 3 heterocycles. The predicted octanol–water partition coefficient (Wildman–Crippen LogP) is 1.76. The van der Waals surface area contributed by atoms with Crippen LogP contribution in [0.2, 0.25) is 0 Å². The lowest BCUT2D eigenvalue weighted by Crippen LogP contribution is -2.41. The molecule has 0 aliphatic carbocycles. The number of carbonyl (C=O) groups is 2. The van der Waals surface area contributed by atoms with E-state index in [4.69, 9.17) is 0 Å². The van der Waals surface area contributed by atoms with Crippen LogP contribution in [-0.2, 0) is 9.59 Å². The SMILES string of the molecule is O=C1CSCN1CC(=O)N1CCC[C@@H]1c1nc2ccccc2[nH]1. The van der Waals surface area contributed by atoms with Crippen LogP contribution in [-0.4, -0.2) is 56.3 Å². The quantitative estimate of drug-likeness (QED) is 0.931. The summed E-state index contributed by atoms with van der Waals surface area (Å²) >= 11 is 1.56. The van der Waals surface area contributed by atoms with Crippen molar-refractivity contribution in [3.63, 3.8) is 0 Å². The summed E-state index contributed by atoms with van der Waals surface area (Å²) in [5.74, 6) is 2.03. The van der Waals surface area contributed by atoms with Crippen molar-refractivity contribution < 1.29 is 9.59 Å². The van der Waals surface area contributed by atoms with Crippen molar-refractivity contribution in [1.29, 1.82) is 0 Å². The molecule has 7 heteroatoms. The highest BCUT2D eigenvalue weighted by atomic mass is 32.2. The van der Waals surface area contributed by atoms with Gasteiger partial charge in [-0.25, -0.2) is 4.98 Å². The smallest absolute Gasteiger partial charge is 0.242 e. The third-order valence-corrected chi connectivity index (χ3v) is 5.39. The Labute approximate surface area is 138 Å². The first-order valence-electron chi connectivity index (χ1n) is 7.82. The summed E-state index contributed by atoms with van der Waals surface area (Å²) in [6.07, 6.45) is 1.88. The number of aromatic amines is 1. The highest BCUT2D eigenvalue weighted by molar-refractivity contribution is 8.00. The molecule has 2 aliphatic rings. The van der Waals surface area contributed by atoms with Gasteiger partial charge in [0.25, 0.3) is 0 Å². The topological polar surface area (TPSA) is 69.3 Å². The lowest BCUT2D eigenvalue weighted by Gasteiger charge is -2.25. The first kappa shape index (κ1) is 14.6. The fraction of sp³-hybridized carbons (Fsp3) is 0.438. The molecule has 4 rings (SSSR count). The molecule has 1 atom stereocenters. The van der Waals surface area contributed by atoms with Crippen molar-refractivity contribution >= 4 is 34.6 Å². The second-order valence-electron chi connectivity index (χ2n) is 5.95. The number of hydrogen-bond acceptors (Lipinski definition) is 4. The van der Waals surface area contributed by atoms with E-state index < -0.39 is 0 Å². The van der Waals surface area contributed by atoms with Crippen LogP contribution in [0.5, 0.6) is 0 Å². The average Bonchev–Trinajstić information content (AvgIpc) is 3.26. The molecule has 0 unspecified atom stereocenters. The van der Waals surface area contributed by atoms with E-state index in [1.54, 1.807) is 16.7 Å². The van der Waals surface area contributed by atoms with Gasteiger partial charge in [-0.05, 0) is 25.0 Å². The molecule has 6 nitrogen and oxygen atoms in total. The van der Waals surface area contributed by atoms with Gasteiger partial charge in [-0.15, -0.1) is 11.8 Å². The van der Waals surface area contributed by atoms with E-state index in [0.29, 0.717) is 11.6 Å². The number of hydrogen-bond donors (Lipinski definition) is 1. The van der Waals surface area contributed by atoms with Gasteiger partial charge in [0.2, 0.25) is 11.8 Å². The number of benzene rings is 1. The number of thioether (sulfide) groups is 1. The molecule has 2 aromatic rings. The maximum atomic E-state index is 12.6. The van der Waals surface area contributed by atoms with E-state index in [9.17, 15) is 9.59 Å². The van der Waals surface area contributed by atoms with E-state index in [0.717, 1.165) is 36.2 Å². The predicted molar refractivity (Wildman–Crippen MR) is 88.8 cm³/mol. The van der Waals surface area contributed by atoms with Crippen LogP contribution in [0.1, 0.15) is 24.7 Å². The van der Waals surface area contributed by atoms with Gasteiger partial charge in [0.1, 0.15) is 12.4 Å². The molecular weight excluding hydrogens is 312 g/mol. The Balaban J connectivity index is 1.53. The van der Waals surface area contributed by atoms with Gasteiger partial charge >= 0.3 is 0 Å². The molecule has 0 bridgehead atoms. The van der Waals surface area contributed by atoms with Crippen LogP contribution < -0.4 is 0 Å². The minimum absolute atomic E-state index is 0.0136. The maximum Gasteiger partial charge on any atom is 0.242 e. The molecular formula is C16H18N4O2S. The zero-order valence-electron chi connectivity index (χ0n) is 12.7. The van der Waals surface area contributed by atoms with E-state index in [-0.39, 0.29) is 24.4 Å². The molecule has 2 saturated heterocycles. The summed E-state index contributed by atoms with van der Waals surface area (Å²) in [7, 11) is 0. The molecule has 1 N–H and O–H groups in total. The van der Waals surface area contributed by atoms with Crippen LogP contribution in [0.4, 0.5) is 0 Å². The number of H-pyrrole nitrogens is 1. The van der Waals surface area contributed by atoms with Gasteiger partial charge in [-0.3, -0.25) is 9.59 Å². The van der Waals surface area contributed by atoms with Gasteiger partial charge in [-0.1, -0.05) is 12.1 Å². The third kappa shape index (κ3) is 2.69. The molecule has 2 aliphatic heterocycles. The van der Waals surface area contributed by atoms with Crippen molar-refractivity contribution in [3.05, 3.63) is 30.1 Å². The molecule has 120 valence electrons. The zero-order chi connectivity index (χ0) is 15.8. The largest absolute Gasteiger partial charge is 0.340 e. The van der Waals surface area contributed by atoms with Crippen molar-refractivity contribution in [2.75, 3.05) is 24.7 Å². The van der Waals surface area contributed by atoms with Crippen LogP contribution >= 0.6 is 11.8 Å². The first-order valence-corrected chi connectivity index (χ1v) is 8.97. The normalized spacial score (nSPS) is 21.6. The average molecular weight is 330 g/mol. The summed E-state index contributed by atoms with van der Waals surface area (Å²) in [5, 5.41) is 0. The maximum absolute atomic E-state index is 12.6. The summed E-state index contributed by atoms with van der Waals surface area (Å²) in [4.78, 5) is 35.8. The van der Waals surface area contributed by atoms with Crippen LogP contribution in [0.3, 0.4) is 0 Å². The Bertz CT molecular complexity index is 726. The molecule has 1 aromatic carbocycles. The van der Waals surface area contributed by atoms with Gasteiger partial charge in [-0.2, -0.15) is 0 Å². The fourth-order valence-electron chi connectivity index (χ4n) is 3.27. The number of nitrogens with zero attached hydrogens (tertiary/aromatic N) is 3. The Morgan fingerprint density at radius 2 is 2.26 bits per heavy atom. The van der Waals surface area contributed by atoms with Crippen LogP contribution in [0.25, 0.3) is 11.0 Å². The number of imidazole rings is 1.